The van der Waals surface area contributed by atoms with E-state index >= 15 is 0 Å². The highest BCUT2D eigenvalue weighted by Gasteiger charge is 2.18. The lowest BCUT2D eigenvalue weighted by Gasteiger charge is -2.10. The number of aryl methyl sites for hydroxylation is 4. The van der Waals surface area contributed by atoms with Crippen LogP contribution in [0.1, 0.15) is 32.9 Å². The lowest BCUT2D eigenvalue weighted by molar-refractivity contribution is 0.102. The quantitative estimate of drug-likeness (QED) is 0.559. The molecule has 0 aliphatic heterocycles. The minimum absolute atomic E-state index is 0.190. The Hall–Kier alpha value is -3.47. The van der Waals surface area contributed by atoms with Crippen molar-refractivity contribution in [2.45, 2.75) is 27.7 Å². The fraction of sp³-hybridized carbons (Fsp3) is 0.174. The Morgan fingerprint density at radius 1 is 0.964 bits per heavy atom. The van der Waals surface area contributed by atoms with Crippen LogP contribution in [0.5, 0.6) is 0 Å². The molecule has 140 valence electrons. The Kier molecular flexibility index (Phi) is 4.43. The highest BCUT2D eigenvalue weighted by Crippen LogP contribution is 2.28. The van der Waals surface area contributed by atoms with Gasteiger partial charge in [0.25, 0.3) is 5.91 Å². The summed E-state index contributed by atoms with van der Waals surface area (Å²) >= 11 is 0. The molecule has 0 saturated carbocycles. The molecule has 0 bridgehead atoms. The summed E-state index contributed by atoms with van der Waals surface area (Å²) in [4.78, 5) is 17.4. The lowest BCUT2D eigenvalue weighted by Crippen LogP contribution is -2.16. The highest BCUT2D eigenvalue weighted by molar-refractivity contribution is 6.05. The van der Waals surface area contributed by atoms with E-state index in [4.69, 9.17) is 0 Å². The zero-order valence-electron chi connectivity index (χ0n) is 16.4. The van der Waals surface area contributed by atoms with E-state index in [1.165, 1.54) is 5.56 Å². The molecule has 0 unspecified atom stereocenters. The van der Waals surface area contributed by atoms with Crippen molar-refractivity contribution in [1.82, 2.24) is 14.6 Å². The van der Waals surface area contributed by atoms with Crippen molar-refractivity contribution in [2.24, 2.45) is 0 Å². The molecule has 1 amide bonds. The molecule has 2 heterocycles. The van der Waals surface area contributed by atoms with Crippen LogP contribution in [-0.2, 0) is 0 Å². The predicted molar refractivity (Wildman–Crippen MR) is 112 cm³/mol. The second-order valence-electron chi connectivity index (χ2n) is 7.07. The number of rotatable bonds is 3. The maximum Gasteiger partial charge on any atom is 0.259 e. The molecule has 0 radical (unpaired) electrons. The minimum Gasteiger partial charge on any atom is -0.322 e. The van der Waals surface area contributed by atoms with E-state index in [2.05, 4.69) is 15.4 Å². The van der Waals surface area contributed by atoms with E-state index in [0.29, 0.717) is 5.56 Å². The molecule has 2 aromatic heterocycles. The maximum atomic E-state index is 12.8. The molecular formula is C23H22N4O. The van der Waals surface area contributed by atoms with E-state index < -0.39 is 0 Å². The van der Waals surface area contributed by atoms with Crippen LogP contribution in [0.3, 0.4) is 0 Å². The summed E-state index contributed by atoms with van der Waals surface area (Å²) in [6.45, 7) is 7.94. The van der Waals surface area contributed by atoms with E-state index in [1.807, 2.05) is 76.2 Å². The van der Waals surface area contributed by atoms with Gasteiger partial charge in [0.2, 0.25) is 0 Å². The summed E-state index contributed by atoms with van der Waals surface area (Å²) in [6, 6.07) is 15.9. The number of anilines is 1. The molecule has 0 aliphatic carbocycles. The SMILES string of the molecule is Cc1ccc(NC(=O)c2cnc3c(-c4ccccc4)c(C)nn3c2C)cc1C. The smallest absolute Gasteiger partial charge is 0.259 e. The summed E-state index contributed by atoms with van der Waals surface area (Å²) in [5.74, 6) is -0.190. The third kappa shape index (κ3) is 3.05. The normalized spacial score (nSPS) is 11.0. The minimum atomic E-state index is -0.190. The van der Waals surface area contributed by atoms with Crippen LogP contribution in [0.15, 0.2) is 54.7 Å². The number of carbonyl (C=O) groups excluding carboxylic acids is 1. The molecule has 28 heavy (non-hydrogen) atoms. The van der Waals surface area contributed by atoms with Crippen molar-refractivity contribution in [3.63, 3.8) is 0 Å². The number of fused-ring (bicyclic) bond motifs is 1. The third-order valence-corrected chi connectivity index (χ3v) is 5.13. The molecule has 0 spiro atoms. The number of nitrogens with zero attached hydrogens (tertiary/aromatic N) is 3. The van der Waals surface area contributed by atoms with E-state index in [9.17, 15) is 4.79 Å². The highest BCUT2D eigenvalue weighted by atomic mass is 16.1. The number of aromatic nitrogens is 3. The van der Waals surface area contributed by atoms with Crippen molar-refractivity contribution in [3.8, 4) is 11.1 Å². The Morgan fingerprint density at radius 3 is 2.43 bits per heavy atom. The number of amides is 1. The van der Waals surface area contributed by atoms with Crippen LogP contribution in [0.25, 0.3) is 16.8 Å². The second-order valence-corrected chi connectivity index (χ2v) is 7.07. The van der Waals surface area contributed by atoms with Gasteiger partial charge in [-0.2, -0.15) is 5.10 Å². The zero-order chi connectivity index (χ0) is 19.8. The molecule has 0 atom stereocenters. The summed E-state index contributed by atoms with van der Waals surface area (Å²) in [7, 11) is 0. The van der Waals surface area contributed by atoms with Crippen molar-refractivity contribution >= 4 is 17.2 Å². The van der Waals surface area contributed by atoms with Crippen LogP contribution in [0.2, 0.25) is 0 Å². The molecule has 2 aromatic carbocycles. The van der Waals surface area contributed by atoms with Gasteiger partial charge in [-0.15, -0.1) is 0 Å². The fourth-order valence-corrected chi connectivity index (χ4v) is 3.38. The first-order valence-electron chi connectivity index (χ1n) is 9.24. The van der Waals surface area contributed by atoms with Gasteiger partial charge in [0.15, 0.2) is 5.65 Å². The Labute approximate surface area is 164 Å². The van der Waals surface area contributed by atoms with Gasteiger partial charge < -0.3 is 5.32 Å². The monoisotopic (exact) mass is 370 g/mol. The Morgan fingerprint density at radius 2 is 1.71 bits per heavy atom. The van der Waals surface area contributed by atoms with Gasteiger partial charge in [-0.05, 0) is 56.5 Å². The first kappa shape index (κ1) is 17.9. The summed E-state index contributed by atoms with van der Waals surface area (Å²) in [5.41, 5.74) is 8.06. The van der Waals surface area contributed by atoms with Crippen LogP contribution in [0.4, 0.5) is 5.69 Å². The standard InChI is InChI=1S/C23H22N4O/c1-14-10-11-19(12-15(14)2)25-23(28)20-13-24-22-21(18-8-6-5-7-9-18)16(3)26-27(22)17(20)4/h5-13H,1-4H3,(H,25,28). The van der Waals surface area contributed by atoms with E-state index in [-0.39, 0.29) is 5.91 Å². The molecular weight excluding hydrogens is 348 g/mol. The first-order valence-corrected chi connectivity index (χ1v) is 9.24. The molecule has 4 aromatic rings. The van der Waals surface area contributed by atoms with Gasteiger partial charge in [0.05, 0.1) is 17.0 Å². The molecule has 1 N–H and O–H groups in total. The van der Waals surface area contributed by atoms with Crippen molar-refractivity contribution in [2.75, 3.05) is 5.32 Å². The summed E-state index contributed by atoms with van der Waals surface area (Å²) in [5, 5.41) is 7.60. The summed E-state index contributed by atoms with van der Waals surface area (Å²) in [6.07, 6.45) is 1.63. The fourth-order valence-electron chi connectivity index (χ4n) is 3.38. The van der Waals surface area contributed by atoms with Gasteiger partial charge in [-0.25, -0.2) is 9.50 Å². The molecule has 0 fully saturated rings. The molecule has 4 rings (SSSR count). The average Bonchev–Trinajstić information content (AvgIpc) is 3.02. The average molecular weight is 370 g/mol. The molecule has 5 heteroatoms. The van der Waals surface area contributed by atoms with Crippen molar-refractivity contribution in [3.05, 3.63) is 82.8 Å². The maximum absolute atomic E-state index is 12.8. The van der Waals surface area contributed by atoms with Crippen molar-refractivity contribution in [1.29, 1.82) is 0 Å². The third-order valence-electron chi connectivity index (χ3n) is 5.13. The van der Waals surface area contributed by atoms with Crippen LogP contribution < -0.4 is 5.32 Å². The van der Waals surface area contributed by atoms with Gasteiger partial charge >= 0.3 is 0 Å². The van der Waals surface area contributed by atoms with Gasteiger partial charge in [-0.3, -0.25) is 4.79 Å². The number of nitrogens with one attached hydrogen (secondary N) is 1. The zero-order valence-corrected chi connectivity index (χ0v) is 16.4. The molecule has 0 aliphatic rings. The first-order chi connectivity index (χ1) is 13.5. The topological polar surface area (TPSA) is 59.3 Å². The number of hydrogen-bond acceptors (Lipinski definition) is 3. The summed E-state index contributed by atoms with van der Waals surface area (Å²) < 4.78 is 1.76. The second kappa shape index (κ2) is 6.93. The molecule has 0 saturated heterocycles. The van der Waals surface area contributed by atoms with Gasteiger partial charge in [-0.1, -0.05) is 36.4 Å². The van der Waals surface area contributed by atoms with E-state index in [1.54, 1.807) is 10.7 Å². The van der Waals surface area contributed by atoms with Crippen LogP contribution in [0, 0.1) is 27.7 Å². The lowest BCUT2D eigenvalue weighted by atomic mass is 10.1. The number of benzene rings is 2. The van der Waals surface area contributed by atoms with Gasteiger partial charge in [0, 0.05) is 17.4 Å². The predicted octanol–water partition coefficient (Wildman–Crippen LogP) is 4.88. The Balaban J connectivity index is 1.74. The molecule has 5 nitrogen and oxygen atoms in total. The van der Waals surface area contributed by atoms with Crippen molar-refractivity contribution < 1.29 is 4.79 Å². The van der Waals surface area contributed by atoms with Gasteiger partial charge in [0.1, 0.15) is 0 Å². The van der Waals surface area contributed by atoms with E-state index in [0.717, 1.165) is 39.4 Å². The van der Waals surface area contributed by atoms with Crippen LogP contribution in [-0.4, -0.2) is 20.5 Å². The Bertz CT molecular complexity index is 1190. The van der Waals surface area contributed by atoms with Crippen LogP contribution >= 0.6 is 0 Å². The largest absolute Gasteiger partial charge is 0.322 e. The number of carbonyl (C=O) groups is 1. The number of hydrogen-bond donors (Lipinski definition) is 1.